The lowest BCUT2D eigenvalue weighted by Gasteiger charge is -2.26. The van der Waals surface area contributed by atoms with Gasteiger partial charge in [-0.2, -0.15) is 10.1 Å². The summed E-state index contributed by atoms with van der Waals surface area (Å²) >= 11 is 9.14. The molecule has 1 aromatic heterocycles. The Hall–Kier alpha value is -2.62. The number of non-ortho nitro benzene ring substituents is 1. The van der Waals surface area contributed by atoms with Crippen LogP contribution >= 0.6 is 35.1 Å². The predicted octanol–water partition coefficient (Wildman–Crippen LogP) is 5.79. The normalized spacial score (nSPS) is 13.0. The topological polar surface area (TPSA) is 84.5 Å². The van der Waals surface area contributed by atoms with Gasteiger partial charge in [0.05, 0.1) is 21.2 Å². The van der Waals surface area contributed by atoms with Gasteiger partial charge in [0.2, 0.25) is 5.28 Å². The lowest BCUT2D eigenvalue weighted by atomic mass is 10.2. The quantitative estimate of drug-likeness (QED) is 0.286. The Morgan fingerprint density at radius 1 is 1.14 bits per heavy atom. The zero-order valence-electron chi connectivity index (χ0n) is 15.2. The van der Waals surface area contributed by atoms with Crippen LogP contribution in [-0.4, -0.2) is 19.3 Å². The molecule has 0 N–H and O–H groups in total. The SMILES string of the molecule is Cc1nc(Cl)nc2c1SC(SCc1ccc([N+](=O)[O-])cc1)=NN2c1ccccc1. The van der Waals surface area contributed by atoms with Crippen LogP contribution in [0.15, 0.2) is 64.6 Å². The largest absolute Gasteiger partial charge is 0.269 e. The van der Waals surface area contributed by atoms with Crippen LogP contribution in [0.5, 0.6) is 0 Å². The van der Waals surface area contributed by atoms with Gasteiger partial charge in [0, 0.05) is 17.9 Å². The number of para-hydroxylation sites is 1. The number of halogens is 1. The smallest absolute Gasteiger partial charge is 0.258 e. The van der Waals surface area contributed by atoms with E-state index < -0.39 is 4.92 Å². The summed E-state index contributed by atoms with van der Waals surface area (Å²) in [6.45, 7) is 1.90. The first-order valence-corrected chi connectivity index (χ1v) is 10.7. The number of hydrazone groups is 1. The van der Waals surface area contributed by atoms with Crippen molar-refractivity contribution in [1.82, 2.24) is 9.97 Å². The Morgan fingerprint density at radius 2 is 1.86 bits per heavy atom. The standard InChI is InChI=1S/C19H14ClN5O2S2/c1-12-16-17(22-18(20)21-12)24(14-5-3-2-4-6-14)23-19(29-16)28-11-13-7-9-15(10-8-13)25(26)27/h2-10H,11H2,1H3. The van der Waals surface area contributed by atoms with Crippen LogP contribution in [0.2, 0.25) is 5.28 Å². The molecule has 2 aromatic carbocycles. The molecule has 1 aliphatic heterocycles. The molecule has 0 radical (unpaired) electrons. The zero-order valence-corrected chi connectivity index (χ0v) is 17.5. The molecule has 0 amide bonds. The third kappa shape index (κ3) is 4.36. The minimum Gasteiger partial charge on any atom is -0.258 e. The molecule has 0 saturated heterocycles. The number of rotatable bonds is 4. The van der Waals surface area contributed by atoms with E-state index >= 15 is 0 Å². The molecule has 4 rings (SSSR count). The number of aromatic nitrogens is 2. The summed E-state index contributed by atoms with van der Waals surface area (Å²) in [6.07, 6.45) is 0. The first-order chi connectivity index (χ1) is 14.0. The van der Waals surface area contributed by atoms with E-state index in [1.807, 2.05) is 37.3 Å². The van der Waals surface area contributed by atoms with Gasteiger partial charge in [-0.3, -0.25) is 10.1 Å². The molecule has 0 fully saturated rings. The second kappa shape index (κ2) is 8.40. The first kappa shape index (κ1) is 19.7. The highest BCUT2D eigenvalue weighted by Crippen LogP contribution is 2.43. The van der Waals surface area contributed by atoms with Crippen molar-refractivity contribution in [3.63, 3.8) is 0 Å². The summed E-state index contributed by atoms with van der Waals surface area (Å²) in [6, 6.07) is 16.3. The molecule has 0 bridgehead atoms. The van der Waals surface area contributed by atoms with E-state index in [1.54, 1.807) is 28.9 Å². The maximum atomic E-state index is 10.8. The third-order valence-electron chi connectivity index (χ3n) is 4.07. The fraction of sp³-hybridized carbons (Fsp3) is 0.105. The summed E-state index contributed by atoms with van der Waals surface area (Å²) in [5, 5.41) is 17.5. The minimum absolute atomic E-state index is 0.0805. The summed E-state index contributed by atoms with van der Waals surface area (Å²) in [7, 11) is 0. The first-order valence-electron chi connectivity index (χ1n) is 8.53. The van der Waals surface area contributed by atoms with Gasteiger partial charge >= 0.3 is 0 Å². The van der Waals surface area contributed by atoms with E-state index in [-0.39, 0.29) is 11.0 Å². The molecule has 1 aliphatic rings. The molecule has 2 heterocycles. The fourth-order valence-electron chi connectivity index (χ4n) is 2.68. The number of hydrogen-bond donors (Lipinski definition) is 0. The van der Waals surface area contributed by atoms with Crippen molar-refractivity contribution in [2.75, 3.05) is 5.01 Å². The van der Waals surface area contributed by atoms with Crippen molar-refractivity contribution in [2.45, 2.75) is 17.6 Å². The summed E-state index contributed by atoms with van der Waals surface area (Å²) < 4.78 is 0.828. The molecule has 0 unspecified atom stereocenters. The van der Waals surface area contributed by atoms with Gasteiger partial charge in [0.25, 0.3) is 5.69 Å². The van der Waals surface area contributed by atoms with Gasteiger partial charge in [-0.05, 0) is 36.2 Å². The Bertz CT molecular complexity index is 1090. The number of nitro benzene ring substituents is 1. The van der Waals surface area contributed by atoms with Gasteiger partial charge in [-0.15, -0.1) is 0 Å². The molecule has 0 aliphatic carbocycles. The molecule has 0 spiro atoms. The van der Waals surface area contributed by atoms with Gasteiger partial charge in [0.15, 0.2) is 10.2 Å². The highest BCUT2D eigenvalue weighted by atomic mass is 35.5. The number of nitrogens with zero attached hydrogens (tertiary/aromatic N) is 5. The molecule has 10 heteroatoms. The molecule has 7 nitrogen and oxygen atoms in total. The van der Waals surface area contributed by atoms with Crippen LogP contribution in [0.4, 0.5) is 17.2 Å². The molecule has 0 saturated carbocycles. The van der Waals surface area contributed by atoms with E-state index in [0.717, 1.165) is 26.2 Å². The maximum Gasteiger partial charge on any atom is 0.269 e. The van der Waals surface area contributed by atoms with E-state index in [9.17, 15) is 10.1 Å². The lowest BCUT2D eigenvalue weighted by molar-refractivity contribution is -0.384. The molecule has 29 heavy (non-hydrogen) atoms. The van der Waals surface area contributed by atoms with Crippen molar-refractivity contribution in [3.8, 4) is 0 Å². The minimum atomic E-state index is -0.402. The number of fused-ring (bicyclic) bond motifs is 1. The number of anilines is 2. The van der Waals surface area contributed by atoms with E-state index in [0.29, 0.717) is 11.6 Å². The number of thioether (sulfide) groups is 2. The monoisotopic (exact) mass is 443 g/mol. The third-order valence-corrected chi connectivity index (χ3v) is 6.59. The van der Waals surface area contributed by atoms with E-state index in [4.69, 9.17) is 16.7 Å². The average Bonchev–Trinajstić information content (AvgIpc) is 2.73. The van der Waals surface area contributed by atoms with Gasteiger partial charge in [0.1, 0.15) is 0 Å². The highest BCUT2D eigenvalue weighted by Gasteiger charge is 2.26. The van der Waals surface area contributed by atoms with Gasteiger partial charge in [-0.25, -0.2) is 9.99 Å². The van der Waals surface area contributed by atoms with Crippen LogP contribution in [0, 0.1) is 17.0 Å². The Morgan fingerprint density at radius 3 is 2.55 bits per heavy atom. The molecular formula is C19H14ClN5O2S2. The fourth-order valence-corrected chi connectivity index (χ4v) is 4.89. The Kier molecular flexibility index (Phi) is 5.70. The van der Waals surface area contributed by atoms with Crippen LogP contribution in [0.1, 0.15) is 11.3 Å². The molecule has 0 atom stereocenters. The van der Waals surface area contributed by atoms with Gasteiger partial charge < -0.3 is 0 Å². The second-order valence-corrected chi connectivity index (χ2v) is 8.62. The second-order valence-electron chi connectivity index (χ2n) is 6.06. The predicted molar refractivity (Wildman–Crippen MR) is 118 cm³/mol. The van der Waals surface area contributed by atoms with Crippen LogP contribution in [-0.2, 0) is 5.75 Å². The molecular weight excluding hydrogens is 430 g/mol. The molecule has 3 aromatic rings. The lowest BCUT2D eigenvalue weighted by Crippen LogP contribution is -2.18. The van der Waals surface area contributed by atoms with Crippen molar-refractivity contribution in [3.05, 3.63) is 81.3 Å². The van der Waals surface area contributed by atoms with Crippen LogP contribution in [0.3, 0.4) is 0 Å². The van der Waals surface area contributed by atoms with Crippen molar-refractivity contribution in [1.29, 1.82) is 0 Å². The number of nitro groups is 1. The van der Waals surface area contributed by atoms with Crippen LogP contribution in [0.25, 0.3) is 0 Å². The molecule has 146 valence electrons. The van der Waals surface area contributed by atoms with E-state index in [1.165, 1.54) is 23.9 Å². The van der Waals surface area contributed by atoms with Gasteiger partial charge in [-0.1, -0.05) is 53.9 Å². The highest BCUT2D eigenvalue weighted by molar-refractivity contribution is 8.38. The summed E-state index contributed by atoms with van der Waals surface area (Å²) in [4.78, 5) is 20.0. The average molecular weight is 444 g/mol. The number of benzene rings is 2. The number of aryl methyl sites for hydroxylation is 1. The summed E-state index contributed by atoms with van der Waals surface area (Å²) in [5.41, 5.74) is 2.72. The Balaban J connectivity index is 1.62. The van der Waals surface area contributed by atoms with Crippen molar-refractivity contribution >= 4 is 56.7 Å². The van der Waals surface area contributed by atoms with Crippen molar-refractivity contribution < 1.29 is 4.92 Å². The zero-order chi connectivity index (χ0) is 20.4. The number of hydrogen-bond acceptors (Lipinski definition) is 8. The van der Waals surface area contributed by atoms with Crippen molar-refractivity contribution in [2.24, 2.45) is 5.10 Å². The van der Waals surface area contributed by atoms with E-state index in [2.05, 4.69) is 9.97 Å². The maximum absolute atomic E-state index is 10.8. The Labute approximate surface area is 180 Å². The van der Waals surface area contributed by atoms with Crippen LogP contribution < -0.4 is 5.01 Å². The summed E-state index contributed by atoms with van der Waals surface area (Å²) in [5.74, 6) is 1.29.